The molecule has 0 aliphatic carbocycles. The Morgan fingerprint density at radius 3 is 2.58 bits per heavy atom. The number of hydrogen-bond donors (Lipinski definition) is 0. The molecule has 0 saturated heterocycles. The molecule has 66 valence electrons. The average molecular weight is 316 g/mol. The normalized spacial score (nSPS) is 10.3. The number of hydrogen-bond acceptors (Lipinski definition) is 0. The standard InChI is InChI=1S/C8H6Br2ClF/c9-3-6-5(4-11)1-2-7(12)8(6)10/h1-2H,3-4H2. The van der Waals surface area contributed by atoms with Gasteiger partial charge in [-0.05, 0) is 33.1 Å². The van der Waals surface area contributed by atoms with Crippen LogP contribution in [0.15, 0.2) is 16.6 Å². The highest BCUT2D eigenvalue weighted by molar-refractivity contribution is 9.10. The Labute approximate surface area is 92.4 Å². The first kappa shape index (κ1) is 10.5. The van der Waals surface area contributed by atoms with Gasteiger partial charge in [0.25, 0.3) is 0 Å². The Morgan fingerprint density at radius 2 is 2.08 bits per heavy atom. The zero-order chi connectivity index (χ0) is 9.14. The second kappa shape index (κ2) is 4.58. The lowest BCUT2D eigenvalue weighted by Crippen LogP contribution is -1.92. The smallest absolute Gasteiger partial charge is 0.137 e. The van der Waals surface area contributed by atoms with E-state index in [-0.39, 0.29) is 5.82 Å². The Bertz CT molecular complexity index is 289. The van der Waals surface area contributed by atoms with E-state index in [0.717, 1.165) is 11.1 Å². The molecule has 0 heterocycles. The van der Waals surface area contributed by atoms with Crippen LogP contribution >= 0.6 is 43.5 Å². The van der Waals surface area contributed by atoms with Crippen molar-refractivity contribution >= 4 is 43.5 Å². The number of alkyl halides is 2. The lowest BCUT2D eigenvalue weighted by atomic mass is 10.1. The molecule has 1 rings (SSSR count). The second-order valence-corrected chi connectivity index (χ2v) is 3.89. The Balaban J connectivity index is 3.25. The molecule has 0 bridgehead atoms. The summed E-state index contributed by atoms with van der Waals surface area (Å²) in [5.74, 6) is 0.151. The van der Waals surface area contributed by atoms with Gasteiger partial charge in [-0.25, -0.2) is 4.39 Å². The zero-order valence-corrected chi connectivity index (χ0v) is 10.0. The molecule has 1 aromatic rings. The van der Waals surface area contributed by atoms with E-state index < -0.39 is 0 Å². The first-order valence-corrected chi connectivity index (χ1v) is 5.73. The van der Waals surface area contributed by atoms with Gasteiger partial charge >= 0.3 is 0 Å². The summed E-state index contributed by atoms with van der Waals surface area (Å²) in [7, 11) is 0. The predicted octanol–water partition coefficient (Wildman–Crippen LogP) is 4.22. The summed E-state index contributed by atoms with van der Waals surface area (Å²) in [6.45, 7) is 0. The molecule has 1 aromatic carbocycles. The largest absolute Gasteiger partial charge is 0.206 e. The highest BCUT2D eigenvalue weighted by atomic mass is 79.9. The minimum atomic E-state index is -0.252. The summed E-state index contributed by atoms with van der Waals surface area (Å²) < 4.78 is 13.5. The van der Waals surface area contributed by atoms with Crippen molar-refractivity contribution in [3.8, 4) is 0 Å². The molecule has 0 atom stereocenters. The lowest BCUT2D eigenvalue weighted by molar-refractivity contribution is 0.618. The Kier molecular flexibility index (Phi) is 4.00. The molecule has 0 aromatic heterocycles. The molecule has 0 amide bonds. The van der Waals surface area contributed by atoms with Crippen LogP contribution < -0.4 is 0 Å². The van der Waals surface area contributed by atoms with Gasteiger partial charge in [-0.3, -0.25) is 0 Å². The second-order valence-electron chi connectivity index (χ2n) is 2.27. The van der Waals surface area contributed by atoms with Crippen LogP contribution in [-0.2, 0) is 11.2 Å². The van der Waals surface area contributed by atoms with Crippen molar-refractivity contribution in [1.82, 2.24) is 0 Å². The van der Waals surface area contributed by atoms with Gasteiger partial charge in [-0.2, -0.15) is 0 Å². The molecule has 0 aliphatic rings. The lowest BCUT2D eigenvalue weighted by Gasteiger charge is -2.06. The van der Waals surface area contributed by atoms with E-state index in [1.165, 1.54) is 6.07 Å². The maximum Gasteiger partial charge on any atom is 0.137 e. The monoisotopic (exact) mass is 314 g/mol. The molecule has 0 saturated carbocycles. The van der Waals surface area contributed by atoms with Gasteiger partial charge in [-0.15, -0.1) is 11.6 Å². The topological polar surface area (TPSA) is 0 Å². The Morgan fingerprint density at radius 1 is 1.42 bits per heavy atom. The maximum absolute atomic E-state index is 13.0. The molecular formula is C8H6Br2ClF. The summed E-state index contributed by atoms with van der Waals surface area (Å²) in [6, 6.07) is 3.11. The van der Waals surface area contributed by atoms with Crippen LogP contribution in [0.4, 0.5) is 4.39 Å². The van der Waals surface area contributed by atoms with Crippen LogP contribution in [0.3, 0.4) is 0 Å². The minimum Gasteiger partial charge on any atom is -0.206 e. The van der Waals surface area contributed by atoms with Crippen molar-refractivity contribution in [2.24, 2.45) is 0 Å². The minimum absolute atomic E-state index is 0.252. The van der Waals surface area contributed by atoms with Crippen molar-refractivity contribution in [3.63, 3.8) is 0 Å². The van der Waals surface area contributed by atoms with Crippen molar-refractivity contribution in [2.75, 3.05) is 0 Å². The highest BCUT2D eigenvalue weighted by Gasteiger charge is 2.08. The van der Waals surface area contributed by atoms with Crippen LogP contribution in [0.2, 0.25) is 0 Å². The van der Waals surface area contributed by atoms with Gasteiger partial charge in [-0.1, -0.05) is 22.0 Å². The molecule has 0 N–H and O–H groups in total. The van der Waals surface area contributed by atoms with Crippen LogP contribution in [0.1, 0.15) is 11.1 Å². The maximum atomic E-state index is 13.0. The van der Waals surface area contributed by atoms with Gasteiger partial charge in [0.2, 0.25) is 0 Å². The summed E-state index contributed by atoms with van der Waals surface area (Å²) in [6.07, 6.45) is 0. The van der Waals surface area contributed by atoms with Gasteiger partial charge in [0.15, 0.2) is 0 Å². The van der Waals surface area contributed by atoms with Gasteiger partial charge < -0.3 is 0 Å². The molecule has 0 unspecified atom stereocenters. The van der Waals surface area contributed by atoms with Crippen LogP contribution in [0.5, 0.6) is 0 Å². The number of rotatable bonds is 2. The fourth-order valence-corrected chi connectivity index (χ4v) is 2.70. The highest BCUT2D eigenvalue weighted by Crippen LogP contribution is 2.27. The molecule has 4 heteroatoms. The summed E-state index contributed by atoms with van der Waals surface area (Å²) in [4.78, 5) is 0. The molecule has 0 aliphatic heterocycles. The fraction of sp³-hybridized carbons (Fsp3) is 0.250. The van der Waals surface area contributed by atoms with E-state index in [1.54, 1.807) is 6.07 Å². The molecule has 12 heavy (non-hydrogen) atoms. The van der Waals surface area contributed by atoms with Crippen molar-refractivity contribution in [3.05, 3.63) is 33.5 Å². The third kappa shape index (κ3) is 2.01. The predicted molar refractivity (Wildman–Crippen MR) is 56.3 cm³/mol. The quantitative estimate of drug-likeness (QED) is 0.717. The van der Waals surface area contributed by atoms with Gasteiger partial charge in [0.1, 0.15) is 5.82 Å². The third-order valence-corrected chi connectivity index (χ3v) is 3.28. The molecule has 0 fully saturated rings. The molecule has 0 spiro atoms. The summed E-state index contributed by atoms with van der Waals surface area (Å²) in [5, 5.41) is 0.605. The third-order valence-electron chi connectivity index (χ3n) is 1.57. The molecule has 0 radical (unpaired) electrons. The SMILES string of the molecule is Fc1ccc(CCl)c(CBr)c1Br. The zero-order valence-electron chi connectivity index (χ0n) is 6.08. The van der Waals surface area contributed by atoms with Gasteiger partial charge in [0, 0.05) is 11.2 Å². The van der Waals surface area contributed by atoms with E-state index >= 15 is 0 Å². The van der Waals surface area contributed by atoms with Crippen molar-refractivity contribution < 1.29 is 4.39 Å². The first-order chi connectivity index (χ1) is 5.70. The van der Waals surface area contributed by atoms with Crippen molar-refractivity contribution in [1.29, 1.82) is 0 Å². The van der Waals surface area contributed by atoms with E-state index in [4.69, 9.17) is 11.6 Å². The van der Waals surface area contributed by atoms with Gasteiger partial charge in [0.05, 0.1) is 4.47 Å². The molecule has 0 nitrogen and oxygen atoms in total. The van der Waals surface area contributed by atoms with E-state index in [1.807, 2.05) is 0 Å². The van der Waals surface area contributed by atoms with Crippen LogP contribution in [0.25, 0.3) is 0 Å². The Hall–Kier alpha value is 0.400. The average Bonchev–Trinajstić information content (AvgIpc) is 2.09. The van der Waals surface area contributed by atoms with Crippen LogP contribution in [0, 0.1) is 5.82 Å². The van der Waals surface area contributed by atoms with Crippen LogP contribution in [-0.4, -0.2) is 0 Å². The fourth-order valence-electron chi connectivity index (χ4n) is 0.902. The van der Waals surface area contributed by atoms with E-state index in [0.29, 0.717) is 15.7 Å². The molecular weight excluding hydrogens is 310 g/mol. The van der Waals surface area contributed by atoms with Crippen molar-refractivity contribution in [2.45, 2.75) is 11.2 Å². The van der Waals surface area contributed by atoms with E-state index in [2.05, 4.69) is 31.9 Å². The van der Waals surface area contributed by atoms with E-state index in [9.17, 15) is 4.39 Å². The number of benzene rings is 1. The summed E-state index contributed by atoms with van der Waals surface area (Å²) >= 11 is 12.1. The summed E-state index contributed by atoms with van der Waals surface area (Å²) in [5.41, 5.74) is 1.83. The number of halogens is 4. The first-order valence-electron chi connectivity index (χ1n) is 3.28.